The van der Waals surface area contributed by atoms with Gasteiger partial charge >= 0.3 is 11.8 Å². The average molecular weight is 338 g/mol. The van der Waals surface area contributed by atoms with E-state index in [1.807, 2.05) is 0 Å². The first-order chi connectivity index (χ1) is 11.8. The van der Waals surface area contributed by atoms with Gasteiger partial charge in [-0.15, -0.1) is 0 Å². The molecule has 0 aromatic carbocycles. The number of nitrogens with zero attached hydrogens (tertiary/aromatic N) is 2. The highest BCUT2D eigenvalue weighted by atomic mass is 16.5. The van der Waals surface area contributed by atoms with E-state index in [0.717, 1.165) is 38.5 Å². The summed E-state index contributed by atoms with van der Waals surface area (Å²) in [5, 5.41) is 5.62. The lowest BCUT2D eigenvalue weighted by Gasteiger charge is -2.06. The number of aliphatic imine (C=N–C) groups is 2. The maximum absolute atomic E-state index is 11.6. The zero-order valence-corrected chi connectivity index (χ0v) is 14.0. The Labute approximate surface area is 142 Å². The van der Waals surface area contributed by atoms with E-state index in [-0.39, 0.29) is 23.6 Å². The number of hydrogen-bond donors (Lipinski definition) is 2. The van der Waals surface area contributed by atoms with E-state index in [1.165, 1.54) is 0 Å². The third kappa shape index (κ3) is 6.55. The van der Waals surface area contributed by atoms with Crippen molar-refractivity contribution in [3.05, 3.63) is 0 Å². The molecule has 0 bridgehead atoms. The molecule has 24 heavy (non-hydrogen) atoms. The van der Waals surface area contributed by atoms with Gasteiger partial charge in [-0.2, -0.15) is 0 Å². The third-order valence-electron chi connectivity index (χ3n) is 3.73. The first-order valence-corrected chi connectivity index (χ1v) is 8.68. The Hall–Kier alpha value is -2.12. The molecule has 2 N–H and O–H groups in total. The standard InChI is InChI=1S/C16H26N4O4/c21-13(15-19-9-11-23-15)17-7-5-3-1-2-4-6-8-18-14(22)16-20-10-12-24-16/h1-12H2,(H,17,21)(H,18,22). The highest BCUT2D eigenvalue weighted by Gasteiger charge is 2.16. The summed E-state index contributed by atoms with van der Waals surface area (Å²) in [4.78, 5) is 31.1. The maximum Gasteiger partial charge on any atom is 0.306 e. The van der Waals surface area contributed by atoms with Crippen LogP contribution >= 0.6 is 0 Å². The quantitative estimate of drug-likeness (QED) is 0.533. The molecule has 0 saturated carbocycles. The van der Waals surface area contributed by atoms with Gasteiger partial charge in [-0.05, 0) is 12.8 Å². The van der Waals surface area contributed by atoms with Crippen LogP contribution in [0.5, 0.6) is 0 Å². The molecule has 0 aromatic rings. The minimum absolute atomic E-state index is 0.209. The van der Waals surface area contributed by atoms with Gasteiger partial charge in [-0.1, -0.05) is 25.7 Å². The van der Waals surface area contributed by atoms with E-state index < -0.39 is 0 Å². The molecule has 0 atom stereocenters. The van der Waals surface area contributed by atoms with Crippen LogP contribution in [0, 0.1) is 0 Å². The zero-order valence-electron chi connectivity index (χ0n) is 14.0. The molecular weight excluding hydrogens is 312 g/mol. The highest BCUT2D eigenvalue weighted by Crippen LogP contribution is 2.05. The van der Waals surface area contributed by atoms with Gasteiger partial charge in [0.15, 0.2) is 0 Å². The highest BCUT2D eigenvalue weighted by molar-refractivity contribution is 6.35. The first-order valence-electron chi connectivity index (χ1n) is 8.68. The largest absolute Gasteiger partial charge is 0.472 e. The third-order valence-corrected chi connectivity index (χ3v) is 3.73. The Morgan fingerprint density at radius 2 is 1.17 bits per heavy atom. The van der Waals surface area contributed by atoms with Crippen LogP contribution in [-0.2, 0) is 19.1 Å². The van der Waals surface area contributed by atoms with Gasteiger partial charge in [0.1, 0.15) is 13.2 Å². The lowest BCUT2D eigenvalue weighted by Crippen LogP contribution is -2.32. The van der Waals surface area contributed by atoms with Crippen molar-refractivity contribution < 1.29 is 19.1 Å². The molecule has 0 unspecified atom stereocenters. The summed E-state index contributed by atoms with van der Waals surface area (Å²) in [6.45, 7) is 3.46. The van der Waals surface area contributed by atoms with Crippen LogP contribution in [0.1, 0.15) is 38.5 Å². The van der Waals surface area contributed by atoms with E-state index in [4.69, 9.17) is 9.47 Å². The number of hydrogen-bond acceptors (Lipinski definition) is 6. The minimum Gasteiger partial charge on any atom is -0.472 e. The predicted molar refractivity (Wildman–Crippen MR) is 90.2 cm³/mol. The van der Waals surface area contributed by atoms with Crippen molar-refractivity contribution in [2.75, 3.05) is 39.4 Å². The van der Waals surface area contributed by atoms with Crippen molar-refractivity contribution in [3.8, 4) is 0 Å². The van der Waals surface area contributed by atoms with E-state index in [9.17, 15) is 9.59 Å². The summed E-state index contributed by atoms with van der Waals surface area (Å²) in [6.07, 6.45) is 6.29. The summed E-state index contributed by atoms with van der Waals surface area (Å²) in [7, 11) is 0. The Balaban J connectivity index is 1.35. The van der Waals surface area contributed by atoms with Crippen LogP contribution in [0.25, 0.3) is 0 Å². The van der Waals surface area contributed by atoms with Crippen LogP contribution in [-0.4, -0.2) is 63.0 Å². The smallest absolute Gasteiger partial charge is 0.306 e. The second-order valence-corrected chi connectivity index (χ2v) is 5.70. The molecule has 0 saturated heterocycles. The SMILES string of the molecule is O=C(NCCCCCCCCNC(=O)C1=NCCO1)C1=NCCO1. The van der Waals surface area contributed by atoms with Crippen LogP contribution < -0.4 is 10.6 Å². The van der Waals surface area contributed by atoms with Crippen LogP contribution in [0.3, 0.4) is 0 Å². The second-order valence-electron chi connectivity index (χ2n) is 5.70. The van der Waals surface area contributed by atoms with Gasteiger partial charge in [-0.3, -0.25) is 9.59 Å². The van der Waals surface area contributed by atoms with Crippen LogP contribution in [0.4, 0.5) is 0 Å². The minimum atomic E-state index is -0.209. The molecule has 2 heterocycles. The Bertz CT molecular complexity index is 446. The number of rotatable bonds is 11. The Morgan fingerprint density at radius 1 is 0.750 bits per heavy atom. The van der Waals surface area contributed by atoms with Gasteiger partial charge in [0.2, 0.25) is 0 Å². The van der Waals surface area contributed by atoms with E-state index in [0.29, 0.717) is 39.4 Å². The van der Waals surface area contributed by atoms with Crippen molar-refractivity contribution in [2.45, 2.75) is 38.5 Å². The molecule has 2 aliphatic rings. The predicted octanol–water partition coefficient (Wildman–Crippen LogP) is 0.417. The monoisotopic (exact) mass is 338 g/mol. The molecular formula is C16H26N4O4. The van der Waals surface area contributed by atoms with Gasteiger partial charge in [0.25, 0.3) is 11.8 Å². The molecule has 0 aliphatic carbocycles. The van der Waals surface area contributed by atoms with Crippen molar-refractivity contribution in [2.24, 2.45) is 9.98 Å². The Kier molecular flexibility index (Phi) is 8.06. The maximum atomic E-state index is 11.6. The first kappa shape index (κ1) is 18.2. The van der Waals surface area contributed by atoms with Gasteiger partial charge < -0.3 is 20.1 Å². The van der Waals surface area contributed by atoms with Crippen molar-refractivity contribution in [1.29, 1.82) is 0 Å². The molecule has 2 rings (SSSR count). The van der Waals surface area contributed by atoms with E-state index in [1.54, 1.807) is 0 Å². The molecule has 0 spiro atoms. The van der Waals surface area contributed by atoms with Gasteiger partial charge in [-0.25, -0.2) is 9.98 Å². The molecule has 0 radical (unpaired) electrons. The van der Waals surface area contributed by atoms with Crippen LogP contribution in [0.2, 0.25) is 0 Å². The fraction of sp³-hybridized carbons (Fsp3) is 0.750. The number of unbranched alkanes of at least 4 members (excludes halogenated alkanes) is 5. The van der Waals surface area contributed by atoms with E-state index in [2.05, 4.69) is 20.6 Å². The van der Waals surface area contributed by atoms with Crippen molar-refractivity contribution >= 4 is 23.6 Å². The topological polar surface area (TPSA) is 101 Å². The van der Waals surface area contributed by atoms with Gasteiger partial charge in [0, 0.05) is 13.1 Å². The summed E-state index contributed by atoms with van der Waals surface area (Å²) >= 11 is 0. The van der Waals surface area contributed by atoms with Crippen molar-refractivity contribution in [3.63, 3.8) is 0 Å². The number of ether oxygens (including phenoxy) is 2. The van der Waals surface area contributed by atoms with E-state index >= 15 is 0 Å². The number of amides is 2. The number of nitrogens with one attached hydrogen (secondary N) is 2. The van der Waals surface area contributed by atoms with Gasteiger partial charge in [0.05, 0.1) is 13.1 Å². The summed E-state index contributed by atoms with van der Waals surface area (Å²) in [5.74, 6) is 0.00945. The molecule has 2 amide bonds. The molecule has 8 heteroatoms. The fourth-order valence-corrected chi connectivity index (χ4v) is 2.46. The average Bonchev–Trinajstić information content (AvgIpc) is 3.29. The van der Waals surface area contributed by atoms with Crippen LogP contribution in [0.15, 0.2) is 9.98 Å². The second kappa shape index (κ2) is 10.6. The zero-order chi connectivity index (χ0) is 17.0. The summed E-state index contributed by atoms with van der Waals surface area (Å²) in [6, 6.07) is 0. The Morgan fingerprint density at radius 3 is 1.54 bits per heavy atom. The molecule has 0 aromatic heterocycles. The summed E-state index contributed by atoms with van der Waals surface area (Å²) < 4.78 is 10.2. The molecule has 134 valence electrons. The number of carbonyl (C=O) groups is 2. The lowest BCUT2D eigenvalue weighted by molar-refractivity contribution is -0.116. The summed E-state index contributed by atoms with van der Waals surface area (Å²) in [5.41, 5.74) is 0. The lowest BCUT2D eigenvalue weighted by atomic mass is 10.1. The molecule has 2 aliphatic heterocycles. The molecule has 0 fully saturated rings. The van der Waals surface area contributed by atoms with Crippen molar-refractivity contribution in [1.82, 2.24) is 10.6 Å². The number of carbonyl (C=O) groups excluding carboxylic acids is 2. The fourth-order valence-electron chi connectivity index (χ4n) is 2.46. The normalized spacial score (nSPS) is 16.0. The molecule has 8 nitrogen and oxygen atoms in total.